The normalized spacial score (nSPS) is 11.2. The van der Waals surface area contributed by atoms with Crippen LogP contribution >= 0.6 is 11.8 Å². The van der Waals surface area contributed by atoms with E-state index in [-0.39, 0.29) is 11.7 Å². The number of nitrogens with one attached hydrogen (secondary N) is 2. The first-order chi connectivity index (χ1) is 13.9. The maximum Gasteiger partial charge on any atom is 0.250 e. The zero-order valence-electron chi connectivity index (χ0n) is 16.9. The number of nitrogens with zero attached hydrogens (tertiary/aromatic N) is 6. The van der Waals surface area contributed by atoms with Gasteiger partial charge in [0.2, 0.25) is 0 Å². The molecule has 0 radical (unpaired) electrons. The highest BCUT2D eigenvalue weighted by Gasteiger charge is 2.11. The fraction of sp³-hybridized carbons (Fsp3) is 0.316. The molecule has 2 heterocycles. The lowest BCUT2D eigenvalue weighted by Gasteiger charge is -2.09. The van der Waals surface area contributed by atoms with Crippen molar-refractivity contribution < 1.29 is 4.79 Å². The summed E-state index contributed by atoms with van der Waals surface area (Å²) in [5.41, 5.74) is 6.46. The number of rotatable bonds is 8. The number of para-hydroxylation sites is 1. The maximum absolute atomic E-state index is 12.0. The SMILES string of the molecule is Cc1ccccc1NCc1nnc(SCC(=O)N/N=C/c2cn(C)nc2C)n1C. The summed E-state index contributed by atoms with van der Waals surface area (Å²) in [7, 11) is 3.73. The number of hydrogen-bond donors (Lipinski definition) is 2. The molecule has 0 spiro atoms. The number of aromatic nitrogens is 5. The number of thioether (sulfide) groups is 1. The summed E-state index contributed by atoms with van der Waals surface area (Å²) in [6, 6.07) is 8.07. The summed E-state index contributed by atoms with van der Waals surface area (Å²) in [4.78, 5) is 12.0. The van der Waals surface area contributed by atoms with Gasteiger partial charge in [0, 0.05) is 31.5 Å². The van der Waals surface area contributed by atoms with Crippen molar-refractivity contribution in [2.75, 3.05) is 11.1 Å². The van der Waals surface area contributed by atoms with E-state index in [0.29, 0.717) is 11.7 Å². The Kier molecular flexibility index (Phi) is 6.65. The molecule has 152 valence electrons. The number of carbonyl (C=O) groups excluding carboxylic acids is 1. The summed E-state index contributed by atoms with van der Waals surface area (Å²) in [6.45, 7) is 4.49. The monoisotopic (exact) mass is 412 g/mol. The van der Waals surface area contributed by atoms with Crippen LogP contribution in [0.3, 0.4) is 0 Å². The van der Waals surface area contributed by atoms with E-state index in [4.69, 9.17) is 0 Å². The van der Waals surface area contributed by atoms with Crippen molar-refractivity contribution in [2.24, 2.45) is 19.2 Å². The molecule has 0 bridgehead atoms. The second kappa shape index (κ2) is 9.37. The van der Waals surface area contributed by atoms with Gasteiger partial charge in [0.05, 0.1) is 24.2 Å². The van der Waals surface area contributed by atoms with Gasteiger partial charge in [-0.05, 0) is 25.5 Å². The van der Waals surface area contributed by atoms with Gasteiger partial charge >= 0.3 is 0 Å². The first kappa shape index (κ1) is 20.6. The van der Waals surface area contributed by atoms with E-state index in [0.717, 1.165) is 22.8 Å². The fourth-order valence-electron chi connectivity index (χ4n) is 2.65. The molecule has 0 fully saturated rings. The Morgan fingerprint density at radius 3 is 2.76 bits per heavy atom. The molecule has 3 aromatic rings. The van der Waals surface area contributed by atoms with Gasteiger partial charge in [0.25, 0.3) is 5.91 Å². The van der Waals surface area contributed by atoms with Crippen LogP contribution in [-0.4, -0.2) is 42.4 Å². The van der Waals surface area contributed by atoms with Crippen molar-refractivity contribution >= 4 is 29.6 Å². The van der Waals surface area contributed by atoms with Crippen molar-refractivity contribution in [3.8, 4) is 0 Å². The number of anilines is 1. The van der Waals surface area contributed by atoms with Crippen molar-refractivity contribution in [3.63, 3.8) is 0 Å². The first-order valence-electron chi connectivity index (χ1n) is 9.06. The van der Waals surface area contributed by atoms with Gasteiger partial charge in [-0.15, -0.1) is 10.2 Å². The molecule has 3 rings (SSSR count). The molecular formula is C19H24N8OS. The van der Waals surface area contributed by atoms with Crippen LogP contribution in [0.5, 0.6) is 0 Å². The van der Waals surface area contributed by atoms with Crippen LogP contribution in [0.2, 0.25) is 0 Å². The molecule has 29 heavy (non-hydrogen) atoms. The van der Waals surface area contributed by atoms with E-state index in [2.05, 4.69) is 44.1 Å². The Morgan fingerprint density at radius 2 is 2.03 bits per heavy atom. The molecule has 1 aromatic carbocycles. The number of aryl methyl sites for hydroxylation is 3. The van der Waals surface area contributed by atoms with Gasteiger partial charge in [0.15, 0.2) is 11.0 Å². The predicted octanol–water partition coefficient (Wildman–Crippen LogP) is 2.02. The minimum atomic E-state index is -0.213. The lowest BCUT2D eigenvalue weighted by molar-refractivity contribution is -0.118. The van der Waals surface area contributed by atoms with Crippen molar-refractivity contribution in [2.45, 2.75) is 25.5 Å². The van der Waals surface area contributed by atoms with E-state index in [9.17, 15) is 4.79 Å². The van der Waals surface area contributed by atoms with Crippen LogP contribution in [0.4, 0.5) is 5.69 Å². The lowest BCUT2D eigenvalue weighted by Crippen LogP contribution is -2.20. The number of carbonyl (C=O) groups is 1. The smallest absolute Gasteiger partial charge is 0.250 e. The minimum absolute atomic E-state index is 0.195. The second-order valence-corrected chi connectivity index (χ2v) is 7.49. The largest absolute Gasteiger partial charge is 0.378 e. The summed E-state index contributed by atoms with van der Waals surface area (Å²) in [5, 5.41) is 20.6. The van der Waals surface area contributed by atoms with E-state index >= 15 is 0 Å². The van der Waals surface area contributed by atoms with Crippen LogP contribution in [0.1, 0.15) is 22.6 Å². The number of amides is 1. The zero-order valence-corrected chi connectivity index (χ0v) is 17.7. The van der Waals surface area contributed by atoms with E-state index in [1.54, 1.807) is 10.9 Å². The Bertz CT molecular complexity index is 1020. The Morgan fingerprint density at radius 1 is 1.24 bits per heavy atom. The molecule has 0 saturated carbocycles. The Labute approximate surface area is 173 Å². The van der Waals surface area contributed by atoms with E-state index < -0.39 is 0 Å². The Balaban J connectivity index is 1.49. The quantitative estimate of drug-likeness (QED) is 0.333. The van der Waals surface area contributed by atoms with Gasteiger partial charge < -0.3 is 9.88 Å². The zero-order chi connectivity index (χ0) is 20.8. The summed E-state index contributed by atoms with van der Waals surface area (Å²) in [6.07, 6.45) is 3.42. The molecule has 0 atom stereocenters. The molecule has 0 aliphatic rings. The molecule has 10 heteroatoms. The third-order valence-corrected chi connectivity index (χ3v) is 5.30. The predicted molar refractivity (Wildman–Crippen MR) is 114 cm³/mol. The maximum atomic E-state index is 12.0. The van der Waals surface area contributed by atoms with Crippen LogP contribution in [0.25, 0.3) is 0 Å². The van der Waals surface area contributed by atoms with Crippen molar-refractivity contribution in [3.05, 3.63) is 53.1 Å². The molecule has 0 aliphatic heterocycles. The van der Waals surface area contributed by atoms with Gasteiger partial charge in [-0.25, -0.2) is 5.43 Å². The highest BCUT2D eigenvalue weighted by Crippen LogP contribution is 2.17. The van der Waals surface area contributed by atoms with Crippen molar-refractivity contribution in [1.82, 2.24) is 30.0 Å². The van der Waals surface area contributed by atoms with E-state index in [1.165, 1.54) is 17.3 Å². The fourth-order valence-corrected chi connectivity index (χ4v) is 3.37. The lowest BCUT2D eigenvalue weighted by atomic mass is 10.2. The van der Waals surface area contributed by atoms with Crippen LogP contribution < -0.4 is 10.7 Å². The van der Waals surface area contributed by atoms with E-state index in [1.807, 2.05) is 50.0 Å². The molecule has 2 aromatic heterocycles. The van der Waals surface area contributed by atoms with Gasteiger partial charge in [-0.2, -0.15) is 10.2 Å². The number of hydrazone groups is 1. The average molecular weight is 413 g/mol. The molecule has 0 unspecified atom stereocenters. The van der Waals surface area contributed by atoms with Gasteiger partial charge in [-0.1, -0.05) is 30.0 Å². The Hall–Kier alpha value is -3.14. The topological polar surface area (TPSA) is 102 Å². The molecule has 1 amide bonds. The third-order valence-electron chi connectivity index (χ3n) is 4.28. The van der Waals surface area contributed by atoms with Gasteiger partial charge in [0.1, 0.15) is 0 Å². The van der Waals surface area contributed by atoms with Crippen molar-refractivity contribution in [1.29, 1.82) is 0 Å². The molecule has 0 saturated heterocycles. The minimum Gasteiger partial charge on any atom is -0.378 e. The second-order valence-electron chi connectivity index (χ2n) is 6.55. The van der Waals surface area contributed by atoms with Crippen LogP contribution in [0, 0.1) is 13.8 Å². The van der Waals surface area contributed by atoms with Gasteiger partial charge in [-0.3, -0.25) is 9.48 Å². The highest BCUT2D eigenvalue weighted by atomic mass is 32.2. The standard InChI is InChI=1S/C19H24N8OS/c1-13-7-5-6-8-16(13)20-10-17-22-24-19(27(17)4)29-12-18(28)23-21-9-15-11-26(3)25-14(15)2/h5-9,11,20H,10,12H2,1-4H3,(H,23,28)/b21-9+. The average Bonchev–Trinajstić information content (AvgIpc) is 3.20. The van der Waals surface area contributed by atoms with Crippen LogP contribution in [-0.2, 0) is 25.4 Å². The third kappa shape index (κ3) is 5.44. The molecule has 9 nitrogen and oxygen atoms in total. The summed E-state index contributed by atoms with van der Waals surface area (Å²) < 4.78 is 3.58. The number of benzene rings is 1. The highest BCUT2D eigenvalue weighted by molar-refractivity contribution is 7.99. The summed E-state index contributed by atoms with van der Waals surface area (Å²) >= 11 is 1.31. The molecule has 2 N–H and O–H groups in total. The van der Waals surface area contributed by atoms with Crippen LogP contribution in [0.15, 0.2) is 40.7 Å². The molecule has 0 aliphatic carbocycles. The molecular weight excluding hydrogens is 388 g/mol. The summed E-state index contributed by atoms with van der Waals surface area (Å²) in [5.74, 6) is 0.775. The number of hydrogen-bond acceptors (Lipinski definition) is 7. The first-order valence-corrected chi connectivity index (χ1v) is 10.1.